The van der Waals surface area contributed by atoms with Gasteiger partial charge in [0.05, 0.1) is 5.56 Å². The second kappa shape index (κ2) is 8.46. The first-order valence-electron chi connectivity index (χ1n) is 8.73. The van der Waals surface area contributed by atoms with Gasteiger partial charge < -0.3 is 10.1 Å². The number of benzene rings is 2. The monoisotopic (exact) mass is 379 g/mol. The molecule has 0 spiro atoms. The molecule has 0 saturated carbocycles. The van der Waals surface area contributed by atoms with E-state index in [2.05, 4.69) is 19.2 Å². The fourth-order valence-electron chi connectivity index (χ4n) is 3.05. The molecule has 0 radical (unpaired) electrons. The van der Waals surface area contributed by atoms with E-state index in [1.54, 1.807) is 0 Å². The lowest BCUT2D eigenvalue weighted by molar-refractivity contribution is -0.137. The first-order valence-corrected chi connectivity index (χ1v) is 8.73. The van der Waals surface area contributed by atoms with Gasteiger partial charge >= 0.3 is 6.18 Å². The highest BCUT2D eigenvalue weighted by molar-refractivity contribution is 5.77. The van der Waals surface area contributed by atoms with Crippen LogP contribution >= 0.6 is 0 Å². The van der Waals surface area contributed by atoms with E-state index in [0.29, 0.717) is 6.42 Å². The molecule has 2 aromatic carbocycles. The maximum absolute atomic E-state index is 12.7. The number of halogens is 3. The van der Waals surface area contributed by atoms with Crippen LogP contribution < -0.4 is 10.1 Å². The average Bonchev–Trinajstić information content (AvgIpc) is 2.60. The maximum atomic E-state index is 12.7. The molecule has 0 unspecified atom stereocenters. The Bertz CT molecular complexity index is 758. The Hall–Kier alpha value is -2.50. The molecule has 1 N–H and O–H groups in total. The van der Waals surface area contributed by atoms with Gasteiger partial charge in [0.2, 0.25) is 0 Å². The zero-order valence-electron chi connectivity index (χ0n) is 15.6. The summed E-state index contributed by atoms with van der Waals surface area (Å²) in [6.07, 6.45) is -3.73. The van der Waals surface area contributed by atoms with Gasteiger partial charge in [-0.3, -0.25) is 4.79 Å². The maximum Gasteiger partial charge on any atom is 0.416 e. The number of carbonyl (C=O) groups excluding carboxylic acids is 1. The molecular weight excluding hydrogens is 355 g/mol. The third-order valence-electron chi connectivity index (χ3n) is 4.31. The van der Waals surface area contributed by atoms with Crippen molar-refractivity contribution < 1.29 is 22.7 Å². The van der Waals surface area contributed by atoms with Gasteiger partial charge in [0.15, 0.2) is 6.61 Å². The Morgan fingerprint density at radius 3 is 2.30 bits per heavy atom. The molecule has 0 fully saturated rings. The first-order chi connectivity index (χ1) is 12.6. The van der Waals surface area contributed by atoms with Gasteiger partial charge in [0.1, 0.15) is 5.75 Å². The van der Waals surface area contributed by atoms with E-state index in [-0.39, 0.29) is 29.7 Å². The molecule has 2 rings (SSSR count). The molecule has 146 valence electrons. The van der Waals surface area contributed by atoms with E-state index in [0.717, 1.165) is 12.1 Å². The summed E-state index contributed by atoms with van der Waals surface area (Å²) in [5, 5.41) is 2.83. The normalized spacial score (nSPS) is 13.1. The molecular formula is C21H24F3NO2. The van der Waals surface area contributed by atoms with Gasteiger partial charge in [-0.1, -0.05) is 50.2 Å². The number of alkyl halides is 3. The van der Waals surface area contributed by atoms with Crippen LogP contribution in [0.4, 0.5) is 13.2 Å². The van der Waals surface area contributed by atoms with E-state index in [1.165, 1.54) is 17.7 Å². The number of carbonyl (C=O) groups is 1. The Morgan fingerprint density at radius 2 is 1.67 bits per heavy atom. The van der Waals surface area contributed by atoms with E-state index >= 15 is 0 Å². The standard InChI is InChI=1S/C21H24F3NO2/c1-15(13-20(2,3)16-8-5-4-6-9-16)25-19(26)14-27-18-11-7-10-17(12-18)21(22,23)24/h4-12,15H,13-14H2,1-3H3,(H,25,26)/t15-/m1/s1. The highest BCUT2D eigenvalue weighted by atomic mass is 19.4. The highest BCUT2D eigenvalue weighted by Crippen LogP contribution is 2.31. The van der Waals surface area contributed by atoms with Gasteiger partial charge in [-0.2, -0.15) is 13.2 Å². The predicted molar refractivity (Wildman–Crippen MR) is 98.6 cm³/mol. The third kappa shape index (κ3) is 6.31. The van der Waals surface area contributed by atoms with Crippen LogP contribution in [0.1, 0.15) is 38.3 Å². The topological polar surface area (TPSA) is 38.3 Å². The fraction of sp³-hybridized carbons (Fsp3) is 0.381. The van der Waals surface area contributed by atoms with Crippen LogP contribution in [0.5, 0.6) is 5.75 Å². The number of hydrogen-bond acceptors (Lipinski definition) is 2. The fourth-order valence-corrected chi connectivity index (χ4v) is 3.05. The molecule has 0 aromatic heterocycles. The van der Waals surface area contributed by atoms with E-state index < -0.39 is 11.7 Å². The smallest absolute Gasteiger partial charge is 0.416 e. The molecule has 0 aliphatic rings. The van der Waals surface area contributed by atoms with Crippen molar-refractivity contribution in [2.24, 2.45) is 0 Å². The number of ether oxygens (including phenoxy) is 1. The van der Waals surface area contributed by atoms with Crippen molar-refractivity contribution in [2.75, 3.05) is 6.61 Å². The van der Waals surface area contributed by atoms with Crippen LogP contribution in [-0.4, -0.2) is 18.6 Å². The first kappa shape index (κ1) is 20.8. The predicted octanol–water partition coefficient (Wildman–Crippen LogP) is 4.96. The molecule has 0 aliphatic heterocycles. The summed E-state index contributed by atoms with van der Waals surface area (Å²) in [6.45, 7) is 5.76. The summed E-state index contributed by atoms with van der Waals surface area (Å²) in [7, 11) is 0. The van der Waals surface area contributed by atoms with Gasteiger partial charge in [-0.05, 0) is 42.5 Å². The number of rotatable bonds is 7. The summed E-state index contributed by atoms with van der Waals surface area (Å²) >= 11 is 0. The SMILES string of the molecule is C[C@H](CC(C)(C)c1ccccc1)NC(=O)COc1cccc(C(F)(F)F)c1. The Labute approximate surface area is 157 Å². The molecule has 0 saturated heterocycles. The quantitative estimate of drug-likeness (QED) is 0.739. The third-order valence-corrected chi connectivity index (χ3v) is 4.31. The summed E-state index contributed by atoms with van der Waals surface area (Å²) in [5.74, 6) is -0.360. The largest absolute Gasteiger partial charge is 0.484 e. The van der Waals surface area contributed by atoms with Crippen molar-refractivity contribution in [2.45, 2.75) is 44.8 Å². The summed E-state index contributed by atoms with van der Waals surface area (Å²) in [4.78, 5) is 12.1. The summed E-state index contributed by atoms with van der Waals surface area (Å²) < 4.78 is 43.3. The Balaban J connectivity index is 1.87. The van der Waals surface area contributed by atoms with Gasteiger partial charge in [0.25, 0.3) is 5.91 Å². The molecule has 2 aromatic rings. The van der Waals surface area contributed by atoms with Crippen molar-refractivity contribution in [1.29, 1.82) is 0 Å². The van der Waals surface area contributed by atoms with Crippen molar-refractivity contribution >= 4 is 5.91 Å². The van der Waals surface area contributed by atoms with Gasteiger partial charge in [0, 0.05) is 6.04 Å². The highest BCUT2D eigenvalue weighted by Gasteiger charge is 2.30. The second-order valence-corrected chi connectivity index (χ2v) is 7.24. The summed E-state index contributed by atoms with van der Waals surface area (Å²) in [6, 6.07) is 14.4. The molecule has 1 atom stereocenters. The lowest BCUT2D eigenvalue weighted by Gasteiger charge is -2.29. The van der Waals surface area contributed by atoms with Crippen molar-refractivity contribution in [1.82, 2.24) is 5.32 Å². The van der Waals surface area contributed by atoms with Crippen LogP contribution in [-0.2, 0) is 16.4 Å². The van der Waals surface area contributed by atoms with E-state index in [9.17, 15) is 18.0 Å². The second-order valence-electron chi connectivity index (χ2n) is 7.24. The molecule has 1 amide bonds. The number of nitrogens with one attached hydrogen (secondary N) is 1. The zero-order valence-corrected chi connectivity index (χ0v) is 15.6. The molecule has 6 heteroatoms. The van der Waals surface area contributed by atoms with E-state index in [4.69, 9.17) is 4.74 Å². The van der Waals surface area contributed by atoms with Crippen molar-refractivity contribution in [3.05, 3.63) is 65.7 Å². The van der Waals surface area contributed by atoms with Gasteiger partial charge in [-0.25, -0.2) is 0 Å². The molecule has 3 nitrogen and oxygen atoms in total. The van der Waals surface area contributed by atoms with Crippen molar-refractivity contribution in [3.63, 3.8) is 0 Å². The molecule has 0 bridgehead atoms. The average molecular weight is 379 g/mol. The van der Waals surface area contributed by atoms with Crippen LogP contribution in [0.3, 0.4) is 0 Å². The van der Waals surface area contributed by atoms with Gasteiger partial charge in [-0.15, -0.1) is 0 Å². The molecule has 0 heterocycles. The Morgan fingerprint density at radius 1 is 1.04 bits per heavy atom. The van der Waals surface area contributed by atoms with Crippen molar-refractivity contribution in [3.8, 4) is 5.75 Å². The number of hydrogen-bond donors (Lipinski definition) is 1. The minimum absolute atomic E-state index is 0.0113. The zero-order chi connectivity index (χ0) is 20.1. The minimum Gasteiger partial charge on any atom is -0.484 e. The minimum atomic E-state index is -4.45. The lowest BCUT2D eigenvalue weighted by atomic mass is 9.79. The van der Waals surface area contributed by atoms with Crippen LogP contribution in [0, 0.1) is 0 Å². The van der Waals surface area contributed by atoms with Crippen LogP contribution in [0.2, 0.25) is 0 Å². The summed E-state index contributed by atoms with van der Waals surface area (Å²) in [5.41, 5.74) is 0.236. The lowest BCUT2D eigenvalue weighted by Crippen LogP contribution is -2.39. The van der Waals surface area contributed by atoms with E-state index in [1.807, 2.05) is 37.3 Å². The van der Waals surface area contributed by atoms with Crippen LogP contribution in [0.25, 0.3) is 0 Å². The number of amides is 1. The Kier molecular flexibility index (Phi) is 6.52. The molecule has 0 aliphatic carbocycles. The molecule has 27 heavy (non-hydrogen) atoms. The van der Waals surface area contributed by atoms with Crippen LogP contribution in [0.15, 0.2) is 54.6 Å².